The van der Waals surface area contributed by atoms with E-state index in [9.17, 15) is 5.11 Å². The van der Waals surface area contributed by atoms with Crippen LogP contribution in [0.25, 0.3) is 0 Å². The highest BCUT2D eigenvalue weighted by Gasteiger charge is 2.30. The number of benzene rings is 1. The average Bonchev–Trinajstić information content (AvgIpc) is 2.86. The van der Waals surface area contributed by atoms with Gasteiger partial charge in [-0.3, -0.25) is 4.90 Å². The van der Waals surface area contributed by atoms with E-state index in [-0.39, 0.29) is 6.10 Å². The highest BCUT2D eigenvalue weighted by molar-refractivity contribution is 5.48. The van der Waals surface area contributed by atoms with Gasteiger partial charge in [0.2, 0.25) is 0 Å². The van der Waals surface area contributed by atoms with Crippen LogP contribution >= 0.6 is 0 Å². The minimum Gasteiger partial charge on any atom is -0.389 e. The van der Waals surface area contributed by atoms with Crippen LogP contribution in [0.1, 0.15) is 31.4 Å². The van der Waals surface area contributed by atoms with Crippen molar-refractivity contribution in [3.63, 3.8) is 0 Å². The van der Waals surface area contributed by atoms with Crippen LogP contribution < -0.4 is 4.90 Å². The molecule has 3 rings (SSSR count). The fourth-order valence-corrected chi connectivity index (χ4v) is 3.19. The van der Waals surface area contributed by atoms with Crippen molar-refractivity contribution in [2.24, 2.45) is 0 Å². The number of aliphatic hydroxyl groups is 1. The van der Waals surface area contributed by atoms with Gasteiger partial charge in [-0.25, -0.2) is 0 Å². The summed E-state index contributed by atoms with van der Waals surface area (Å²) in [6.45, 7) is 6.59. The Morgan fingerprint density at radius 2 is 1.94 bits per heavy atom. The van der Waals surface area contributed by atoms with Crippen molar-refractivity contribution < 1.29 is 5.11 Å². The van der Waals surface area contributed by atoms with E-state index in [1.807, 2.05) is 19.1 Å². The van der Waals surface area contributed by atoms with Gasteiger partial charge in [-0.05, 0) is 44.0 Å². The molecule has 0 aromatic heterocycles. The lowest BCUT2D eigenvalue weighted by atomic mass is 10.1. The van der Waals surface area contributed by atoms with Crippen molar-refractivity contribution in [1.82, 2.24) is 4.90 Å². The molecule has 0 radical (unpaired) electrons. The van der Waals surface area contributed by atoms with Crippen LogP contribution in [0.4, 0.5) is 5.69 Å². The minimum atomic E-state index is -0.370. The molecular formula is C15H22N2O. The monoisotopic (exact) mass is 246 g/mol. The smallest absolute Gasteiger partial charge is 0.0761 e. The molecule has 0 amide bonds. The fraction of sp³-hybridized carbons (Fsp3) is 0.600. The zero-order chi connectivity index (χ0) is 12.5. The van der Waals surface area contributed by atoms with Gasteiger partial charge in [-0.2, -0.15) is 0 Å². The molecular weight excluding hydrogens is 224 g/mol. The molecule has 0 spiro atoms. The molecule has 2 saturated heterocycles. The second-order valence-corrected chi connectivity index (χ2v) is 5.55. The van der Waals surface area contributed by atoms with E-state index in [2.05, 4.69) is 21.9 Å². The Bertz CT molecular complexity index is 401. The zero-order valence-electron chi connectivity index (χ0n) is 11.0. The van der Waals surface area contributed by atoms with Crippen LogP contribution in [0.3, 0.4) is 0 Å². The first-order valence-corrected chi connectivity index (χ1v) is 7.01. The normalized spacial score (nSPS) is 26.1. The van der Waals surface area contributed by atoms with Gasteiger partial charge in [0.1, 0.15) is 0 Å². The number of anilines is 1. The van der Waals surface area contributed by atoms with E-state index < -0.39 is 0 Å². The van der Waals surface area contributed by atoms with E-state index in [1.165, 1.54) is 31.6 Å². The predicted octanol–water partition coefficient (Wildman–Crippen LogP) is 2.02. The lowest BCUT2D eigenvalue weighted by Gasteiger charge is -2.38. The Hall–Kier alpha value is -1.06. The Morgan fingerprint density at radius 3 is 2.67 bits per heavy atom. The first kappa shape index (κ1) is 12.0. The molecule has 1 N–H and O–H groups in total. The zero-order valence-corrected chi connectivity index (χ0v) is 11.0. The van der Waals surface area contributed by atoms with Crippen molar-refractivity contribution in [1.29, 1.82) is 0 Å². The quantitative estimate of drug-likeness (QED) is 0.865. The third kappa shape index (κ3) is 2.25. The first-order chi connectivity index (χ1) is 8.74. The molecule has 2 aliphatic rings. The molecule has 98 valence electrons. The van der Waals surface area contributed by atoms with Gasteiger partial charge < -0.3 is 10.0 Å². The Labute approximate surface area is 109 Å². The van der Waals surface area contributed by atoms with Gasteiger partial charge in [0.25, 0.3) is 0 Å². The maximum absolute atomic E-state index is 9.53. The maximum atomic E-state index is 9.53. The molecule has 0 aliphatic carbocycles. The average molecular weight is 246 g/mol. The number of fused-ring (bicyclic) bond motifs is 1. The fourth-order valence-electron chi connectivity index (χ4n) is 3.19. The van der Waals surface area contributed by atoms with Crippen LogP contribution in [0.15, 0.2) is 24.3 Å². The van der Waals surface area contributed by atoms with E-state index in [1.54, 1.807) is 0 Å². The van der Waals surface area contributed by atoms with Gasteiger partial charge in [0, 0.05) is 31.4 Å². The Kier molecular flexibility index (Phi) is 3.27. The number of rotatable bonds is 2. The van der Waals surface area contributed by atoms with Crippen molar-refractivity contribution in [3.05, 3.63) is 29.8 Å². The second-order valence-electron chi connectivity index (χ2n) is 5.55. The minimum absolute atomic E-state index is 0.370. The van der Waals surface area contributed by atoms with E-state index in [0.717, 1.165) is 24.7 Å². The molecule has 3 nitrogen and oxygen atoms in total. The first-order valence-electron chi connectivity index (χ1n) is 7.01. The van der Waals surface area contributed by atoms with Crippen LogP contribution in [0, 0.1) is 0 Å². The summed E-state index contributed by atoms with van der Waals surface area (Å²) in [7, 11) is 0. The molecule has 3 heteroatoms. The summed E-state index contributed by atoms with van der Waals surface area (Å²) in [5.41, 5.74) is 2.30. The van der Waals surface area contributed by atoms with E-state index in [4.69, 9.17) is 0 Å². The second kappa shape index (κ2) is 4.90. The highest BCUT2D eigenvalue weighted by atomic mass is 16.3. The Balaban J connectivity index is 1.71. The molecule has 2 fully saturated rings. The molecule has 2 aliphatic heterocycles. The van der Waals surface area contributed by atoms with Crippen molar-refractivity contribution in [3.8, 4) is 0 Å². The molecule has 18 heavy (non-hydrogen) atoms. The largest absolute Gasteiger partial charge is 0.389 e. The SMILES string of the molecule is C[C@@H](O)c1ccc(N2CCN3CCCC3C2)cc1. The molecule has 2 atom stereocenters. The number of nitrogens with zero attached hydrogens (tertiary/aromatic N) is 2. The third-order valence-electron chi connectivity index (χ3n) is 4.33. The Morgan fingerprint density at radius 1 is 1.17 bits per heavy atom. The maximum Gasteiger partial charge on any atom is 0.0761 e. The molecule has 2 heterocycles. The van der Waals surface area contributed by atoms with Crippen LogP contribution in [-0.2, 0) is 0 Å². The molecule has 0 bridgehead atoms. The summed E-state index contributed by atoms with van der Waals surface area (Å²) in [6, 6.07) is 9.14. The van der Waals surface area contributed by atoms with Crippen molar-refractivity contribution in [2.75, 3.05) is 31.1 Å². The summed E-state index contributed by atoms with van der Waals surface area (Å²) >= 11 is 0. The van der Waals surface area contributed by atoms with Gasteiger partial charge in [-0.1, -0.05) is 12.1 Å². The molecule has 1 unspecified atom stereocenters. The highest BCUT2D eigenvalue weighted by Crippen LogP contribution is 2.26. The molecule has 1 aromatic rings. The molecule has 1 aromatic carbocycles. The summed E-state index contributed by atoms with van der Waals surface area (Å²) in [4.78, 5) is 5.11. The van der Waals surface area contributed by atoms with Crippen LogP contribution in [0.2, 0.25) is 0 Å². The van der Waals surface area contributed by atoms with E-state index >= 15 is 0 Å². The van der Waals surface area contributed by atoms with Gasteiger partial charge in [0.15, 0.2) is 0 Å². The summed E-state index contributed by atoms with van der Waals surface area (Å²) in [5, 5.41) is 9.53. The topological polar surface area (TPSA) is 26.7 Å². The third-order valence-corrected chi connectivity index (χ3v) is 4.33. The summed E-state index contributed by atoms with van der Waals surface area (Å²) in [6.07, 6.45) is 2.34. The number of piperazine rings is 1. The lowest BCUT2D eigenvalue weighted by molar-refractivity contribution is 0.199. The lowest BCUT2D eigenvalue weighted by Crippen LogP contribution is -2.50. The molecule has 0 saturated carbocycles. The summed E-state index contributed by atoms with van der Waals surface area (Å²) < 4.78 is 0. The standard InChI is InChI=1S/C15H22N2O/c1-12(18)13-4-6-14(7-5-13)17-10-9-16-8-2-3-15(16)11-17/h4-7,12,15,18H,2-3,8-11H2,1H3/t12-,15?/m1/s1. The van der Waals surface area contributed by atoms with Gasteiger partial charge in [-0.15, -0.1) is 0 Å². The number of aliphatic hydroxyl groups excluding tert-OH is 1. The van der Waals surface area contributed by atoms with Crippen LogP contribution in [-0.4, -0.2) is 42.2 Å². The number of hydrogen-bond donors (Lipinski definition) is 1. The van der Waals surface area contributed by atoms with Crippen molar-refractivity contribution in [2.45, 2.75) is 31.9 Å². The van der Waals surface area contributed by atoms with Crippen molar-refractivity contribution >= 4 is 5.69 Å². The van der Waals surface area contributed by atoms with Gasteiger partial charge >= 0.3 is 0 Å². The van der Waals surface area contributed by atoms with E-state index in [0.29, 0.717) is 0 Å². The summed E-state index contributed by atoms with van der Waals surface area (Å²) in [5.74, 6) is 0. The number of hydrogen-bond acceptors (Lipinski definition) is 3. The van der Waals surface area contributed by atoms with Gasteiger partial charge in [0.05, 0.1) is 6.10 Å². The van der Waals surface area contributed by atoms with Crippen LogP contribution in [0.5, 0.6) is 0 Å². The predicted molar refractivity (Wildman–Crippen MR) is 73.9 cm³/mol.